The number of carbonyl (C=O) groups excluding carboxylic acids is 5. The summed E-state index contributed by atoms with van der Waals surface area (Å²) in [7, 11) is 0. The molecule has 6 rings (SSSR count). The fraction of sp³-hybridized carbons (Fsp3) is 0.432. The summed E-state index contributed by atoms with van der Waals surface area (Å²) in [4.78, 5) is 74.5. The number of hydrogen-bond donors (Lipinski definition) is 2. The molecule has 3 atom stereocenters. The number of imide groups is 1. The summed E-state index contributed by atoms with van der Waals surface area (Å²) >= 11 is 5.70. The Balaban J connectivity index is 1.09. The second kappa shape index (κ2) is 19.3. The van der Waals surface area contributed by atoms with E-state index in [1.165, 1.54) is 36.4 Å². The van der Waals surface area contributed by atoms with Crippen LogP contribution in [0.5, 0.6) is 5.75 Å². The first kappa shape index (κ1) is 49.1. The standard InChI is InChI=1S/C44H46F6N8O7S/c1-6-27-18-31(57-41(66)56(39(62)42(57,4)5)30-11-10-28(21-51)33(20-30)43(45,46)47)12-14-35(27)64-17-16-54-22-25(2)55(26(3)23-54)24-37(60)58(65-40(63)44(48,49)50)32-9-7-8-29(19-32)52-34-13-15-36(59)53-38(34)61/h7-12,14,18-20,25-26,34,52H,6,13,15-17,22-24H2,1-5H3,(H,53,59,61)/t25-,26-,34?/m1/s1. The van der Waals surface area contributed by atoms with Gasteiger partial charge in [-0.05, 0) is 113 Å². The molecule has 2 N–H and O–H groups in total. The van der Waals surface area contributed by atoms with E-state index in [4.69, 9.17) is 17.0 Å². The number of nitriles is 1. The van der Waals surface area contributed by atoms with Crippen molar-refractivity contribution in [2.24, 2.45) is 0 Å². The van der Waals surface area contributed by atoms with Crippen LogP contribution in [0.25, 0.3) is 0 Å². The Kier molecular flexibility index (Phi) is 14.3. The maximum Gasteiger partial charge on any atom is 0.493 e. The first-order chi connectivity index (χ1) is 30.9. The highest BCUT2D eigenvalue weighted by atomic mass is 32.1. The smallest absolute Gasteiger partial charge is 0.492 e. The van der Waals surface area contributed by atoms with Gasteiger partial charge in [-0.2, -0.15) is 31.6 Å². The van der Waals surface area contributed by atoms with Crippen LogP contribution >= 0.6 is 12.2 Å². The number of hydrogen-bond acceptors (Lipinski definition) is 12. The molecule has 0 aliphatic carbocycles. The average Bonchev–Trinajstić information content (AvgIpc) is 3.42. The van der Waals surface area contributed by atoms with Gasteiger partial charge in [0, 0.05) is 49.5 Å². The summed E-state index contributed by atoms with van der Waals surface area (Å²) in [6.07, 6.45) is -9.54. The zero-order valence-electron chi connectivity index (χ0n) is 36.4. The number of carbonyl (C=O) groups is 5. The molecule has 3 aromatic rings. The molecule has 3 saturated heterocycles. The molecule has 0 aromatic heterocycles. The molecule has 3 aliphatic rings. The van der Waals surface area contributed by atoms with Gasteiger partial charge in [0.1, 0.15) is 23.9 Å². The molecule has 0 spiro atoms. The van der Waals surface area contributed by atoms with E-state index in [9.17, 15) is 55.6 Å². The number of halogens is 6. The number of thiocarbonyl (C=S) groups is 1. The second-order valence-corrected chi connectivity index (χ2v) is 16.9. The van der Waals surface area contributed by atoms with Crippen LogP contribution in [0.3, 0.4) is 0 Å². The Morgan fingerprint density at radius 2 is 1.67 bits per heavy atom. The molecule has 66 heavy (non-hydrogen) atoms. The highest BCUT2D eigenvalue weighted by molar-refractivity contribution is 7.81. The number of benzene rings is 3. The number of anilines is 4. The lowest BCUT2D eigenvalue weighted by molar-refractivity contribution is -0.201. The van der Waals surface area contributed by atoms with E-state index in [0.717, 1.165) is 22.6 Å². The van der Waals surface area contributed by atoms with E-state index in [1.54, 1.807) is 41.8 Å². The lowest BCUT2D eigenvalue weighted by Crippen LogP contribution is -2.59. The Morgan fingerprint density at radius 1 is 0.985 bits per heavy atom. The highest BCUT2D eigenvalue weighted by Gasteiger charge is 2.51. The molecule has 3 fully saturated rings. The van der Waals surface area contributed by atoms with Gasteiger partial charge in [0.15, 0.2) is 5.11 Å². The Bertz CT molecular complexity index is 2450. The molecule has 0 saturated carbocycles. The predicted octanol–water partition coefficient (Wildman–Crippen LogP) is 6.10. The summed E-state index contributed by atoms with van der Waals surface area (Å²) in [5.74, 6) is -4.63. The summed E-state index contributed by atoms with van der Waals surface area (Å²) in [5, 5.41) is 14.6. The molecule has 3 aromatic carbocycles. The number of piperidine rings is 1. The highest BCUT2D eigenvalue weighted by Crippen LogP contribution is 2.41. The number of nitrogens with one attached hydrogen (secondary N) is 2. The lowest BCUT2D eigenvalue weighted by Gasteiger charge is -2.44. The van der Waals surface area contributed by atoms with E-state index in [2.05, 4.69) is 20.4 Å². The van der Waals surface area contributed by atoms with Gasteiger partial charge >= 0.3 is 18.3 Å². The quantitative estimate of drug-likeness (QED) is 0.0927. The van der Waals surface area contributed by atoms with Gasteiger partial charge in [0.2, 0.25) is 11.8 Å². The summed E-state index contributed by atoms with van der Waals surface area (Å²) in [6.45, 7) is 9.92. The van der Waals surface area contributed by atoms with Crippen LogP contribution in [0, 0.1) is 11.3 Å². The van der Waals surface area contributed by atoms with Crippen LogP contribution in [0.1, 0.15) is 64.2 Å². The molecule has 1 unspecified atom stereocenters. The topological polar surface area (TPSA) is 168 Å². The van der Waals surface area contributed by atoms with E-state index in [-0.39, 0.29) is 58.8 Å². The number of piperazine rings is 1. The van der Waals surface area contributed by atoms with Crippen LogP contribution in [-0.4, -0.2) is 107 Å². The largest absolute Gasteiger partial charge is 0.493 e. The summed E-state index contributed by atoms with van der Waals surface area (Å²) in [5.41, 5.74) is -1.93. The van der Waals surface area contributed by atoms with Gasteiger partial charge in [-0.15, -0.1) is 5.06 Å². The van der Waals surface area contributed by atoms with Crippen LogP contribution in [0.15, 0.2) is 60.7 Å². The minimum atomic E-state index is -5.42. The number of nitrogens with zero attached hydrogens (tertiary/aromatic N) is 6. The average molecular weight is 945 g/mol. The van der Waals surface area contributed by atoms with Gasteiger partial charge in [-0.1, -0.05) is 13.0 Å². The van der Waals surface area contributed by atoms with Gasteiger partial charge < -0.3 is 19.8 Å². The third-order valence-corrected chi connectivity index (χ3v) is 11.9. The predicted molar refractivity (Wildman–Crippen MR) is 232 cm³/mol. The molecule has 3 heterocycles. The van der Waals surface area contributed by atoms with Crippen LogP contribution in [-0.2, 0) is 41.4 Å². The summed E-state index contributed by atoms with van der Waals surface area (Å²) in [6, 6.07) is 13.7. The first-order valence-corrected chi connectivity index (χ1v) is 21.2. The molecule has 4 amide bonds. The van der Waals surface area contributed by atoms with Crippen molar-refractivity contribution < 1.29 is 59.9 Å². The second-order valence-electron chi connectivity index (χ2n) is 16.5. The molecule has 22 heteroatoms. The van der Waals surface area contributed by atoms with Crippen molar-refractivity contribution in [1.29, 1.82) is 5.26 Å². The normalized spacial score (nSPS) is 20.5. The SMILES string of the molecule is CCc1cc(N2C(=S)N(c3ccc(C#N)c(C(F)(F)F)c3)C(=O)C2(C)C)ccc1OCCN1C[C@@H](C)N(CC(=O)N(OC(=O)C(F)(F)F)c2cccc(NC3CCC(=O)NC3=O)c2)[C@H](C)C1. The van der Waals surface area contributed by atoms with E-state index < -0.39 is 71.2 Å². The van der Waals surface area contributed by atoms with Gasteiger partial charge in [0.05, 0.1) is 35.1 Å². The van der Waals surface area contributed by atoms with Crippen molar-refractivity contribution in [3.63, 3.8) is 0 Å². The van der Waals surface area contributed by atoms with Crippen LogP contribution < -0.4 is 30.2 Å². The minimum absolute atomic E-state index is 0.0498. The molecule has 0 bridgehead atoms. The number of rotatable bonds is 12. The third kappa shape index (κ3) is 10.5. The van der Waals surface area contributed by atoms with Crippen LogP contribution in [0.2, 0.25) is 0 Å². The zero-order chi connectivity index (χ0) is 48.5. The molecular weight excluding hydrogens is 899 g/mol. The Morgan fingerprint density at radius 3 is 2.29 bits per heavy atom. The fourth-order valence-corrected chi connectivity index (χ4v) is 8.71. The van der Waals surface area contributed by atoms with Crippen molar-refractivity contribution in [2.75, 3.05) is 53.0 Å². The third-order valence-electron chi connectivity index (χ3n) is 11.5. The molecule has 352 valence electrons. The van der Waals surface area contributed by atoms with Crippen molar-refractivity contribution in [3.05, 3.63) is 77.4 Å². The van der Waals surface area contributed by atoms with Crippen molar-refractivity contribution in [1.82, 2.24) is 15.1 Å². The number of amides is 4. The first-order valence-electron chi connectivity index (χ1n) is 20.8. The number of aryl methyl sites for hydroxylation is 1. The molecule has 15 nitrogen and oxygen atoms in total. The zero-order valence-corrected chi connectivity index (χ0v) is 37.2. The van der Waals surface area contributed by atoms with Crippen molar-refractivity contribution >= 4 is 69.7 Å². The maximum atomic E-state index is 13.8. The summed E-state index contributed by atoms with van der Waals surface area (Å²) < 4.78 is 87.9. The molecule has 0 radical (unpaired) electrons. The Hall–Kier alpha value is -6.31. The van der Waals surface area contributed by atoms with E-state index >= 15 is 0 Å². The molecular formula is C44H46F6N8O7S. The van der Waals surface area contributed by atoms with E-state index in [1.807, 2.05) is 20.8 Å². The van der Waals surface area contributed by atoms with E-state index in [0.29, 0.717) is 37.5 Å². The van der Waals surface area contributed by atoms with Crippen molar-refractivity contribution in [3.8, 4) is 11.8 Å². The number of ether oxygens (including phenoxy) is 1. The fourth-order valence-electron chi connectivity index (χ4n) is 8.18. The minimum Gasteiger partial charge on any atom is -0.492 e. The maximum absolute atomic E-state index is 13.8. The van der Waals surface area contributed by atoms with Gasteiger partial charge in [-0.25, -0.2) is 4.79 Å². The Labute approximate surface area is 381 Å². The van der Waals surface area contributed by atoms with Crippen LogP contribution in [0.4, 0.5) is 49.1 Å². The number of alkyl halides is 6. The number of hydroxylamine groups is 1. The van der Waals surface area contributed by atoms with Crippen molar-refractivity contribution in [2.45, 2.75) is 89.9 Å². The lowest BCUT2D eigenvalue weighted by atomic mass is 10.0. The molecule has 3 aliphatic heterocycles. The monoisotopic (exact) mass is 944 g/mol. The van der Waals surface area contributed by atoms with Gasteiger partial charge in [0.25, 0.3) is 11.8 Å². The van der Waals surface area contributed by atoms with Gasteiger partial charge in [-0.3, -0.25) is 39.2 Å².